The molecule has 1 fully saturated rings. The van der Waals surface area contributed by atoms with E-state index in [4.69, 9.17) is 0 Å². The third-order valence-corrected chi connectivity index (χ3v) is 3.70. The summed E-state index contributed by atoms with van der Waals surface area (Å²) in [6.45, 7) is 6.88. The zero-order valence-corrected chi connectivity index (χ0v) is 12.1. The van der Waals surface area contributed by atoms with Crippen molar-refractivity contribution in [3.8, 4) is 0 Å². The molecule has 0 saturated carbocycles. The van der Waals surface area contributed by atoms with Gasteiger partial charge in [-0.15, -0.1) is 0 Å². The number of piperidine rings is 1. The fourth-order valence-corrected chi connectivity index (χ4v) is 2.77. The summed E-state index contributed by atoms with van der Waals surface area (Å²) < 4.78 is 1.70. The first-order valence-electron chi connectivity index (χ1n) is 7.15. The van der Waals surface area contributed by atoms with Gasteiger partial charge < -0.3 is 10.2 Å². The Morgan fingerprint density at radius 2 is 2.21 bits per heavy atom. The van der Waals surface area contributed by atoms with E-state index in [1.54, 1.807) is 4.68 Å². The first-order chi connectivity index (χ1) is 9.13. The fraction of sp³-hybridized carbons (Fsp3) is 0.714. The number of nitrogens with one attached hydrogen (secondary N) is 1. The van der Waals surface area contributed by atoms with Crippen LogP contribution in [-0.2, 0) is 7.05 Å². The zero-order chi connectivity index (χ0) is 13.8. The second kappa shape index (κ2) is 6.19. The van der Waals surface area contributed by atoms with Gasteiger partial charge in [-0.25, -0.2) is 0 Å². The van der Waals surface area contributed by atoms with E-state index in [0.29, 0.717) is 11.7 Å². The first kappa shape index (κ1) is 14.1. The maximum Gasteiger partial charge on any atom is 0.272 e. The molecule has 0 radical (unpaired) electrons. The fourth-order valence-electron chi connectivity index (χ4n) is 2.77. The Hall–Kier alpha value is -1.36. The first-order valence-corrected chi connectivity index (χ1v) is 7.15. The van der Waals surface area contributed by atoms with Gasteiger partial charge in [0.05, 0.1) is 5.69 Å². The number of carbonyl (C=O) groups is 1. The third-order valence-electron chi connectivity index (χ3n) is 3.70. The van der Waals surface area contributed by atoms with Crippen LogP contribution in [0, 0.1) is 6.92 Å². The number of hydrogen-bond acceptors (Lipinski definition) is 3. The highest BCUT2D eigenvalue weighted by Gasteiger charge is 2.27. The summed E-state index contributed by atoms with van der Waals surface area (Å²) in [5, 5.41) is 7.63. The van der Waals surface area contributed by atoms with E-state index >= 15 is 0 Å². The smallest absolute Gasteiger partial charge is 0.272 e. The molecule has 19 heavy (non-hydrogen) atoms. The molecule has 0 bridgehead atoms. The quantitative estimate of drug-likeness (QED) is 0.892. The highest BCUT2D eigenvalue weighted by atomic mass is 16.2. The zero-order valence-electron chi connectivity index (χ0n) is 12.1. The molecule has 0 aromatic carbocycles. The van der Waals surface area contributed by atoms with Crippen LogP contribution in [0.25, 0.3) is 0 Å². The molecule has 0 spiro atoms. The van der Waals surface area contributed by atoms with Crippen molar-refractivity contribution in [1.82, 2.24) is 20.0 Å². The van der Waals surface area contributed by atoms with Crippen LogP contribution in [0.4, 0.5) is 0 Å². The van der Waals surface area contributed by atoms with Crippen molar-refractivity contribution < 1.29 is 4.79 Å². The second-order valence-electron chi connectivity index (χ2n) is 5.27. The Morgan fingerprint density at radius 3 is 2.74 bits per heavy atom. The van der Waals surface area contributed by atoms with Crippen LogP contribution in [0.2, 0.25) is 0 Å². The molecule has 2 rings (SSSR count). The molecule has 1 aromatic rings. The Kier molecular flexibility index (Phi) is 4.58. The van der Waals surface area contributed by atoms with Gasteiger partial charge in [0.25, 0.3) is 5.91 Å². The predicted molar refractivity (Wildman–Crippen MR) is 75.2 cm³/mol. The van der Waals surface area contributed by atoms with Crippen LogP contribution in [-0.4, -0.2) is 46.3 Å². The van der Waals surface area contributed by atoms with Crippen LogP contribution in [0.1, 0.15) is 42.4 Å². The number of hydrogen-bond donors (Lipinski definition) is 1. The molecule has 1 saturated heterocycles. The minimum Gasteiger partial charge on any atom is -0.334 e. The van der Waals surface area contributed by atoms with E-state index in [1.165, 1.54) is 0 Å². The van der Waals surface area contributed by atoms with Crippen LogP contribution >= 0.6 is 0 Å². The number of rotatable bonds is 4. The maximum atomic E-state index is 12.7. The minimum absolute atomic E-state index is 0.122. The van der Waals surface area contributed by atoms with Crippen LogP contribution in [0.15, 0.2) is 6.07 Å². The summed E-state index contributed by atoms with van der Waals surface area (Å²) in [5.74, 6) is 0.122. The molecule has 0 unspecified atom stereocenters. The summed E-state index contributed by atoms with van der Waals surface area (Å²) in [5.41, 5.74) is 1.59. The molecular formula is C14H24N4O. The molecule has 1 aliphatic heterocycles. The average Bonchev–Trinajstić information content (AvgIpc) is 2.75. The van der Waals surface area contributed by atoms with E-state index in [-0.39, 0.29) is 5.91 Å². The predicted octanol–water partition coefficient (Wildman–Crippen LogP) is 1.33. The molecule has 5 nitrogen and oxygen atoms in total. The number of amides is 1. The van der Waals surface area contributed by atoms with Crippen molar-refractivity contribution >= 4 is 5.91 Å². The van der Waals surface area contributed by atoms with E-state index in [0.717, 1.165) is 44.6 Å². The summed E-state index contributed by atoms with van der Waals surface area (Å²) in [6.07, 6.45) is 3.08. The summed E-state index contributed by atoms with van der Waals surface area (Å²) >= 11 is 0. The monoisotopic (exact) mass is 264 g/mol. The van der Waals surface area contributed by atoms with E-state index in [9.17, 15) is 4.79 Å². The Morgan fingerprint density at radius 1 is 1.53 bits per heavy atom. The highest BCUT2D eigenvalue weighted by molar-refractivity contribution is 5.93. The number of carbonyl (C=O) groups excluding carboxylic acids is 1. The molecule has 1 aliphatic rings. The number of aryl methyl sites for hydroxylation is 2. The van der Waals surface area contributed by atoms with Gasteiger partial charge in [0.2, 0.25) is 0 Å². The second-order valence-corrected chi connectivity index (χ2v) is 5.27. The number of nitrogens with zero attached hydrogens (tertiary/aromatic N) is 3. The van der Waals surface area contributed by atoms with Crippen LogP contribution in [0.3, 0.4) is 0 Å². The Bertz CT molecular complexity index is 435. The van der Waals surface area contributed by atoms with Gasteiger partial charge in [-0.2, -0.15) is 5.10 Å². The van der Waals surface area contributed by atoms with Crippen molar-refractivity contribution in [1.29, 1.82) is 0 Å². The standard InChI is InChI=1S/C14H24N4O/c1-4-9-18(12-5-7-15-8-6-12)14(19)13-10-11(2)16-17(13)3/h10,12,15H,4-9H2,1-3H3. The molecule has 106 valence electrons. The Balaban J connectivity index is 2.17. The molecule has 1 amide bonds. The third kappa shape index (κ3) is 3.15. The largest absolute Gasteiger partial charge is 0.334 e. The van der Waals surface area contributed by atoms with Crippen LogP contribution < -0.4 is 5.32 Å². The Labute approximate surface area is 115 Å². The SMILES string of the molecule is CCCN(C(=O)c1cc(C)nn1C)C1CCNCC1. The van der Waals surface area contributed by atoms with Crippen molar-refractivity contribution in [2.24, 2.45) is 7.05 Å². The van der Waals surface area contributed by atoms with Crippen molar-refractivity contribution in [2.45, 2.75) is 39.2 Å². The molecule has 1 aromatic heterocycles. The summed E-state index contributed by atoms with van der Waals surface area (Å²) in [4.78, 5) is 14.8. The summed E-state index contributed by atoms with van der Waals surface area (Å²) in [6, 6.07) is 2.25. The molecule has 0 aliphatic carbocycles. The van der Waals surface area contributed by atoms with Gasteiger partial charge in [-0.3, -0.25) is 9.48 Å². The lowest BCUT2D eigenvalue weighted by molar-refractivity contribution is 0.0631. The van der Waals surface area contributed by atoms with Gasteiger partial charge >= 0.3 is 0 Å². The lowest BCUT2D eigenvalue weighted by Crippen LogP contribution is -2.46. The molecule has 2 heterocycles. The van der Waals surface area contributed by atoms with Gasteiger partial charge in [-0.1, -0.05) is 6.92 Å². The topological polar surface area (TPSA) is 50.2 Å². The van der Waals surface area contributed by atoms with E-state index in [2.05, 4.69) is 17.3 Å². The lowest BCUT2D eigenvalue weighted by Gasteiger charge is -2.34. The van der Waals surface area contributed by atoms with Crippen molar-refractivity contribution in [3.63, 3.8) is 0 Å². The lowest BCUT2D eigenvalue weighted by atomic mass is 10.0. The normalized spacial score (nSPS) is 16.6. The van der Waals surface area contributed by atoms with Gasteiger partial charge in [-0.05, 0) is 45.3 Å². The van der Waals surface area contributed by atoms with Gasteiger partial charge in [0, 0.05) is 19.6 Å². The summed E-state index contributed by atoms with van der Waals surface area (Å²) in [7, 11) is 1.84. The minimum atomic E-state index is 0.122. The van der Waals surface area contributed by atoms with Crippen molar-refractivity contribution in [3.05, 3.63) is 17.5 Å². The van der Waals surface area contributed by atoms with Gasteiger partial charge in [0.1, 0.15) is 5.69 Å². The number of aromatic nitrogens is 2. The van der Waals surface area contributed by atoms with Gasteiger partial charge in [0.15, 0.2) is 0 Å². The van der Waals surface area contributed by atoms with E-state index < -0.39 is 0 Å². The molecule has 0 atom stereocenters. The van der Waals surface area contributed by atoms with E-state index in [1.807, 2.05) is 24.9 Å². The maximum absolute atomic E-state index is 12.7. The van der Waals surface area contributed by atoms with Crippen molar-refractivity contribution in [2.75, 3.05) is 19.6 Å². The molecule has 1 N–H and O–H groups in total. The highest BCUT2D eigenvalue weighted by Crippen LogP contribution is 2.16. The van der Waals surface area contributed by atoms with Crippen LogP contribution in [0.5, 0.6) is 0 Å². The molecular weight excluding hydrogens is 240 g/mol. The molecule has 5 heteroatoms. The average molecular weight is 264 g/mol.